The minimum atomic E-state index is 0.0492. The lowest BCUT2D eigenvalue weighted by atomic mass is 10.1. The van der Waals surface area contributed by atoms with E-state index in [9.17, 15) is 0 Å². The van der Waals surface area contributed by atoms with Crippen molar-refractivity contribution in [3.8, 4) is 5.75 Å². The molecule has 1 aromatic carbocycles. The smallest absolute Gasteiger partial charge is 0.142 e. The zero-order valence-electron chi connectivity index (χ0n) is 12.4. The van der Waals surface area contributed by atoms with Gasteiger partial charge in [0.15, 0.2) is 0 Å². The highest BCUT2D eigenvalue weighted by atomic mass is 16.5. The Hall–Kier alpha value is -1.94. The maximum atomic E-state index is 6.05. The van der Waals surface area contributed by atoms with Gasteiger partial charge < -0.3 is 19.8 Å². The van der Waals surface area contributed by atoms with Gasteiger partial charge in [-0.15, -0.1) is 0 Å². The number of hydrogen-bond donors (Lipinski definition) is 1. The topological polar surface area (TPSA) is 51.6 Å². The van der Waals surface area contributed by atoms with Crippen molar-refractivity contribution in [3.63, 3.8) is 0 Å². The second-order valence-electron chi connectivity index (χ2n) is 5.27. The van der Waals surface area contributed by atoms with Crippen LogP contribution < -0.4 is 15.4 Å². The fourth-order valence-corrected chi connectivity index (χ4v) is 2.84. The Kier molecular flexibility index (Phi) is 4.15. The minimum Gasteiger partial charge on any atom is -0.491 e. The third-order valence-electron chi connectivity index (χ3n) is 3.93. The van der Waals surface area contributed by atoms with Crippen LogP contribution in [0.2, 0.25) is 0 Å². The summed E-state index contributed by atoms with van der Waals surface area (Å²) in [5.41, 5.74) is 7.15. The summed E-state index contributed by atoms with van der Waals surface area (Å²) in [6, 6.07) is 12.3. The first-order valence-electron chi connectivity index (χ1n) is 7.60. The van der Waals surface area contributed by atoms with E-state index in [2.05, 4.69) is 17.9 Å². The molecule has 4 nitrogen and oxygen atoms in total. The van der Waals surface area contributed by atoms with E-state index in [1.165, 1.54) is 0 Å². The van der Waals surface area contributed by atoms with Crippen LogP contribution in [-0.4, -0.2) is 19.7 Å². The molecule has 4 heteroatoms. The molecule has 0 spiro atoms. The molecular formula is C17H22N2O2. The second-order valence-corrected chi connectivity index (χ2v) is 5.27. The van der Waals surface area contributed by atoms with Gasteiger partial charge in [-0.1, -0.05) is 19.1 Å². The number of para-hydroxylation sites is 2. The van der Waals surface area contributed by atoms with Crippen molar-refractivity contribution in [1.29, 1.82) is 0 Å². The maximum Gasteiger partial charge on any atom is 0.142 e. The molecule has 0 aliphatic carbocycles. The van der Waals surface area contributed by atoms with Crippen molar-refractivity contribution < 1.29 is 9.15 Å². The van der Waals surface area contributed by atoms with Crippen LogP contribution in [0.4, 0.5) is 5.69 Å². The van der Waals surface area contributed by atoms with Crippen LogP contribution in [0.15, 0.2) is 40.8 Å². The van der Waals surface area contributed by atoms with E-state index in [1.807, 2.05) is 30.3 Å². The zero-order valence-corrected chi connectivity index (χ0v) is 12.4. The van der Waals surface area contributed by atoms with Crippen molar-refractivity contribution in [1.82, 2.24) is 0 Å². The van der Waals surface area contributed by atoms with Crippen molar-refractivity contribution in [2.45, 2.75) is 25.8 Å². The van der Waals surface area contributed by atoms with Gasteiger partial charge in [-0.25, -0.2) is 0 Å². The highest BCUT2D eigenvalue weighted by Crippen LogP contribution is 2.36. The molecule has 0 amide bonds. The summed E-state index contributed by atoms with van der Waals surface area (Å²) in [5.74, 6) is 2.87. The first-order chi connectivity index (χ1) is 10.3. The predicted octanol–water partition coefficient (Wildman–Crippen LogP) is 3.13. The van der Waals surface area contributed by atoms with Crippen LogP contribution in [-0.2, 0) is 6.42 Å². The summed E-state index contributed by atoms with van der Waals surface area (Å²) in [6.07, 6.45) is 1.88. The largest absolute Gasteiger partial charge is 0.491 e. The molecule has 0 radical (unpaired) electrons. The van der Waals surface area contributed by atoms with Crippen LogP contribution in [0.3, 0.4) is 0 Å². The van der Waals surface area contributed by atoms with Crippen LogP contribution in [0.1, 0.15) is 30.9 Å². The highest BCUT2D eigenvalue weighted by molar-refractivity contribution is 5.60. The van der Waals surface area contributed by atoms with Gasteiger partial charge in [0, 0.05) is 19.5 Å². The number of ether oxygens (including phenoxy) is 1. The first-order valence-corrected chi connectivity index (χ1v) is 7.60. The number of nitrogens with two attached hydrogens (primary N) is 1. The Morgan fingerprint density at radius 2 is 2.10 bits per heavy atom. The molecule has 2 N–H and O–H groups in total. The van der Waals surface area contributed by atoms with Gasteiger partial charge in [-0.2, -0.15) is 0 Å². The fraction of sp³-hybridized carbons (Fsp3) is 0.412. The monoisotopic (exact) mass is 286 g/mol. The van der Waals surface area contributed by atoms with Crippen LogP contribution in [0, 0.1) is 0 Å². The normalized spacial score (nSPS) is 16.0. The number of nitrogens with zero attached hydrogens (tertiary/aromatic N) is 1. The van der Waals surface area contributed by atoms with E-state index in [0.717, 1.165) is 49.0 Å². The molecule has 3 rings (SSSR count). The number of benzene rings is 1. The van der Waals surface area contributed by atoms with Crippen molar-refractivity contribution in [2.75, 3.05) is 24.6 Å². The molecular weight excluding hydrogens is 264 g/mol. The lowest BCUT2D eigenvalue weighted by molar-refractivity contribution is 0.321. The van der Waals surface area contributed by atoms with Crippen molar-refractivity contribution >= 4 is 5.69 Å². The van der Waals surface area contributed by atoms with E-state index in [4.69, 9.17) is 14.9 Å². The number of hydrogen-bond acceptors (Lipinski definition) is 4. The summed E-state index contributed by atoms with van der Waals surface area (Å²) in [7, 11) is 0. The lowest BCUT2D eigenvalue weighted by Gasteiger charge is -2.31. The maximum absolute atomic E-state index is 6.05. The molecule has 0 saturated heterocycles. The molecule has 2 heterocycles. The summed E-state index contributed by atoms with van der Waals surface area (Å²) in [5, 5.41) is 0. The van der Waals surface area contributed by atoms with Gasteiger partial charge in [0.1, 0.15) is 17.3 Å². The van der Waals surface area contributed by atoms with E-state index in [0.29, 0.717) is 6.54 Å². The predicted molar refractivity (Wildman–Crippen MR) is 83.8 cm³/mol. The zero-order chi connectivity index (χ0) is 14.7. The van der Waals surface area contributed by atoms with E-state index in [-0.39, 0.29) is 6.04 Å². The van der Waals surface area contributed by atoms with Gasteiger partial charge in [0.05, 0.1) is 18.3 Å². The highest BCUT2D eigenvalue weighted by Gasteiger charge is 2.26. The average molecular weight is 286 g/mol. The second kappa shape index (κ2) is 6.22. The Balaban J connectivity index is 1.96. The van der Waals surface area contributed by atoms with Crippen LogP contribution >= 0.6 is 0 Å². The lowest BCUT2D eigenvalue weighted by Crippen LogP contribution is -2.34. The molecule has 0 bridgehead atoms. The number of anilines is 1. The first kappa shape index (κ1) is 14.0. The van der Waals surface area contributed by atoms with E-state index >= 15 is 0 Å². The molecule has 0 fully saturated rings. The summed E-state index contributed by atoms with van der Waals surface area (Å²) < 4.78 is 11.8. The Morgan fingerprint density at radius 1 is 1.24 bits per heavy atom. The molecule has 112 valence electrons. The van der Waals surface area contributed by atoms with E-state index < -0.39 is 0 Å². The number of rotatable bonds is 4. The number of fused-ring (bicyclic) bond motifs is 1. The molecule has 1 aromatic heterocycles. The molecule has 2 aromatic rings. The molecule has 0 saturated carbocycles. The molecule has 1 aliphatic heterocycles. The average Bonchev–Trinajstić information content (AvgIpc) is 2.90. The summed E-state index contributed by atoms with van der Waals surface area (Å²) >= 11 is 0. The van der Waals surface area contributed by atoms with Gasteiger partial charge in [0.2, 0.25) is 0 Å². The van der Waals surface area contributed by atoms with E-state index in [1.54, 1.807) is 0 Å². The Bertz CT molecular complexity index is 594. The Morgan fingerprint density at radius 3 is 2.86 bits per heavy atom. The standard InChI is InChI=1S/C17H22N2O2/c1-2-13-8-9-17(21-13)15(12-18)19-10-5-11-20-16-7-4-3-6-14(16)19/h3-4,6-9,15H,2,5,10-12,18H2,1H3. The SMILES string of the molecule is CCc1ccc(C(CN)N2CCCOc3ccccc32)o1. The summed E-state index contributed by atoms with van der Waals surface area (Å²) in [6.45, 7) is 4.27. The number of furan rings is 1. The Labute approximate surface area is 125 Å². The van der Waals surface area contributed by atoms with Gasteiger partial charge in [0.25, 0.3) is 0 Å². The van der Waals surface area contributed by atoms with Crippen LogP contribution in [0.5, 0.6) is 5.75 Å². The molecule has 1 aliphatic rings. The fourth-order valence-electron chi connectivity index (χ4n) is 2.84. The quantitative estimate of drug-likeness (QED) is 0.938. The van der Waals surface area contributed by atoms with Crippen molar-refractivity contribution in [2.24, 2.45) is 5.73 Å². The third kappa shape index (κ3) is 2.76. The molecule has 21 heavy (non-hydrogen) atoms. The van der Waals surface area contributed by atoms with Gasteiger partial charge >= 0.3 is 0 Å². The van der Waals surface area contributed by atoms with Gasteiger partial charge in [-0.05, 0) is 30.7 Å². The summed E-state index contributed by atoms with van der Waals surface area (Å²) in [4.78, 5) is 2.31. The van der Waals surface area contributed by atoms with Crippen LogP contribution in [0.25, 0.3) is 0 Å². The molecule has 1 unspecified atom stereocenters. The third-order valence-corrected chi connectivity index (χ3v) is 3.93. The number of aryl methyl sites for hydroxylation is 1. The minimum absolute atomic E-state index is 0.0492. The molecule has 1 atom stereocenters. The van der Waals surface area contributed by atoms with Gasteiger partial charge in [-0.3, -0.25) is 0 Å². The van der Waals surface area contributed by atoms with Crippen molar-refractivity contribution in [3.05, 3.63) is 47.9 Å².